The Morgan fingerprint density at radius 1 is 1.50 bits per heavy atom. The van der Waals surface area contributed by atoms with Gasteiger partial charge in [0.25, 0.3) is 5.76 Å². The van der Waals surface area contributed by atoms with Crippen LogP contribution in [0.2, 0.25) is 0 Å². The number of benzene rings is 1. The molecular formula is C11H12F2N2OS2. The van der Waals surface area contributed by atoms with Gasteiger partial charge in [-0.3, -0.25) is 10.1 Å². The van der Waals surface area contributed by atoms with Crippen LogP contribution in [-0.4, -0.2) is 29.3 Å². The van der Waals surface area contributed by atoms with Gasteiger partial charge in [-0.2, -0.15) is 8.78 Å². The van der Waals surface area contributed by atoms with Gasteiger partial charge >= 0.3 is 0 Å². The third-order valence-corrected chi connectivity index (χ3v) is 4.12. The van der Waals surface area contributed by atoms with E-state index in [-0.39, 0.29) is 11.9 Å². The number of hydrogen-bond acceptors (Lipinski definition) is 4. The SMILES string of the molecule is O=C(Nc1ccccc1SC(F)F)C1CSCN1. The molecule has 18 heavy (non-hydrogen) atoms. The first-order valence-electron chi connectivity index (χ1n) is 5.32. The maximum Gasteiger partial charge on any atom is 0.288 e. The molecule has 2 N–H and O–H groups in total. The first-order chi connectivity index (χ1) is 8.66. The molecule has 0 spiro atoms. The van der Waals surface area contributed by atoms with E-state index in [1.54, 1.807) is 36.0 Å². The number of thioether (sulfide) groups is 2. The topological polar surface area (TPSA) is 41.1 Å². The molecule has 1 aromatic rings. The van der Waals surface area contributed by atoms with Gasteiger partial charge in [-0.25, -0.2) is 0 Å². The summed E-state index contributed by atoms with van der Waals surface area (Å²) in [5.74, 6) is -1.23. The maximum absolute atomic E-state index is 12.4. The molecule has 1 heterocycles. The van der Waals surface area contributed by atoms with Crippen LogP contribution in [0.3, 0.4) is 0 Å². The molecule has 1 aromatic carbocycles. The molecule has 1 unspecified atom stereocenters. The Morgan fingerprint density at radius 3 is 2.94 bits per heavy atom. The molecule has 3 nitrogen and oxygen atoms in total. The standard InChI is InChI=1S/C11H12F2N2OS2/c12-11(13)18-9-4-2-1-3-7(9)15-10(16)8-5-17-6-14-8/h1-4,8,11,14H,5-6H2,(H,15,16). The second-order valence-corrected chi connectivity index (χ2v) is 5.70. The largest absolute Gasteiger partial charge is 0.324 e. The summed E-state index contributed by atoms with van der Waals surface area (Å²) in [7, 11) is 0. The van der Waals surface area contributed by atoms with Crippen molar-refractivity contribution in [1.82, 2.24) is 5.32 Å². The zero-order valence-corrected chi connectivity index (χ0v) is 11.0. The number of nitrogens with one attached hydrogen (secondary N) is 2. The third kappa shape index (κ3) is 3.60. The molecule has 1 atom stereocenters. The van der Waals surface area contributed by atoms with Crippen LogP contribution >= 0.6 is 23.5 Å². The predicted octanol–water partition coefficient (Wildman–Crippen LogP) is 2.60. The predicted molar refractivity (Wildman–Crippen MR) is 71.2 cm³/mol. The van der Waals surface area contributed by atoms with Crippen molar-refractivity contribution in [1.29, 1.82) is 0 Å². The highest BCUT2D eigenvalue weighted by Gasteiger charge is 2.23. The molecule has 1 aliphatic heterocycles. The highest BCUT2D eigenvalue weighted by Crippen LogP contribution is 2.31. The van der Waals surface area contributed by atoms with E-state index < -0.39 is 5.76 Å². The van der Waals surface area contributed by atoms with Crippen LogP contribution < -0.4 is 10.6 Å². The highest BCUT2D eigenvalue weighted by atomic mass is 32.2. The van der Waals surface area contributed by atoms with Crippen molar-refractivity contribution in [2.45, 2.75) is 16.7 Å². The Labute approximate surface area is 112 Å². The van der Waals surface area contributed by atoms with Crippen molar-refractivity contribution in [3.8, 4) is 0 Å². The minimum absolute atomic E-state index is 0.178. The van der Waals surface area contributed by atoms with Crippen molar-refractivity contribution < 1.29 is 13.6 Å². The number of anilines is 1. The Hall–Kier alpha value is -0.790. The van der Waals surface area contributed by atoms with Crippen LogP contribution in [0.4, 0.5) is 14.5 Å². The Morgan fingerprint density at radius 2 is 2.28 bits per heavy atom. The highest BCUT2D eigenvalue weighted by molar-refractivity contribution is 7.99. The van der Waals surface area contributed by atoms with Crippen molar-refractivity contribution in [3.05, 3.63) is 24.3 Å². The third-order valence-electron chi connectivity index (χ3n) is 2.39. The number of carbonyl (C=O) groups excluding carboxylic acids is 1. The van der Waals surface area contributed by atoms with Gasteiger partial charge in [0.15, 0.2) is 0 Å². The molecule has 1 amide bonds. The van der Waals surface area contributed by atoms with Crippen molar-refractivity contribution in [3.63, 3.8) is 0 Å². The van der Waals surface area contributed by atoms with E-state index in [0.717, 1.165) is 5.88 Å². The summed E-state index contributed by atoms with van der Waals surface area (Å²) in [4.78, 5) is 12.3. The zero-order chi connectivity index (χ0) is 13.0. The lowest BCUT2D eigenvalue weighted by Gasteiger charge is -2.13. The zero-order valence-electron chi connectivity index (χ0n) is 9.36. The number of halogens is 2. The minimum Gasteiger partial charge on any atom is -0.324 e. The fourth-order valence-electron chi connectivity index (χ4n) is 1.55. The van der Waals surface area contributed by atoms with Gasteiger partial charge < -0.3 is 5.32 Å². The summed E-state index contributed by atoms with van der Waals surface area (Å²) in [6.07, 6.45) is 0. The van der Waals surface area contributed by atoms with Gasteiger partial charge in [0.05, 0.1) is 11.7 Å². The second-order valence-electron chi connectivity index (χ2n) is 3.64. The Bertz CT molecular complexity index is 425. The number of carbonyl (C=O) groups is 1. The van der Waals surface area contributed by atoms with E-state index in [1.165, 1.54) is 0 Å². The van der Waals surface area contributed by atoms with E-state index >= 15 is 0 Å². The van der Waals surface area contributed by atoms with E-state index in [1.807, 2.05) is 0 Å². The number of alkyl halides is 2. The van der Waals surface area contributed by atoms with Gasteiger partial charge in [-0.15, -0.1) is 11.8 Å². The molecule has 1 aliphatic rings. The molecule has 1 fully saturated rings. The summed E-state index contributed by atoms with van der Waals surface area (Å²) in [5.41, 5.74) is 0.437. The maximum atomic E-state index is 12.4. The molecule has 0 radical (unpaired) electrons. The van der Waals surface area contributed by atoms with E-state index in [9.17, 15) is 13.6 Å². The van der Waals surface area contributed by atoms with Gasteiger partial charge in [0.2, 0.25) is 5.91 Å². The van der Waals surface area contributed by atoms with Gasteiger partial charge in [0.1, 0.15) is 0 Å². The average Bonchev–Trinajstić information content (AvgIpc) is 2.84. The summed E-state index contributed by atoms with van der Waals surface area (Å²) in [5, 5.41) is 5.72. The van der Waals surface area contributed by atoms with Gasteiger partial charge in [-0.1, -0.05) is 23.9 Å². The number of amides is 1. The van der Waals surface area contributed by atoms with E-state index in [4.69, 9.17) is 0 Å². The molecule has 0 aliphatic carbocycles. The van der Waals surface area contributed by atoms with E-state index in [0.29, 0.717) is 28.1 Å². The van der Waals surface area contributed by atoms with Crippen LogP contribution in [0.15, 0.2) is 29.2 Å². The quantitative estimate of drug-likeness (QED) is 0.836. The van der Waals surface area contributed by atoms with Crippen molar-refractivity contribution in [2.75, 3.05) is 16.9 Å². The minimum atomic E-state index is -2.50. The van der Waals surface area contributed by atoms with Crippen LogP contribution in [0.25, 0.3) is 0 Å². The molecule has 1 saturated heterocycles. The normalized spacial score (nSPS) is 19.2. The number of para-hydroxylation sites is 1. The smallest absolute Gasteiger partial charge is 0.288 e. The molecule has 0 bridgehead atoms. The Kier molecular flexibility index (Phi) is 4.85. The van der Waals surface area contributed by atoms with E-state index in [2.05, 4.69) is 10.6 Å². The van der Waals surface area contributed by atoms with Crippen LogP contribution in [0.1, 0.15) is 0 Å². The van der Waals surface area contributed by atoms with Crippen molar-refractivity contribution in [2.24, 2.45) is 0 Å². The molecular weight excluding hydrogens is 278 g/mol. The number of hydrogen-bond donors (Lipinski definition) is 2. The summed E-state index contributed by atoms with van der Waals surface area (Å²) in [6, 6.07) is 6.33. The first kappa shape index (κ1) is 13.6. The van der Waals surface area contributed by atoms with Gasteiger partial charge in [-0.05, 0) is 12.1 Å². The average molecular weight is 290 g/mol. The Balaban J connectivity index is 2.05. The lowest BCUT2D eigenvalue weighted by atomic mass is 10.2. The van der Waals surface area contributed by atoms with Crippen LogP contribution in [-0.2, 0) is 4.79 Å². The lowest BCUT2D eigenvalue weighted by Crippen LogP contribution is -2.37. The van der Waals surface area contributed by atoms with Gasteiger partial charge in [0, 0.05) is 16.5 Å². The molecule has 0 aromatic heterocycles. The first-order valence-corrected chi connectivity index (χ1v) is 7.36. The number of rotatable bonds is 4. The molecule has 98 valence electrons. The fourth-order valence-corrected chi connectivity index (χ4v) is 3.09. The van der Waals surface area contributed by atoms with Crippen LogP contribution in [0.5, 0.6) is 0 Å². The van der Waals surface area contributed by atoms with Crippen molar-refractivity contribution >= 4 is 35.1 Å². The molecule has 7 heteroatoms. The summed E-state index contributed by atoms with van der Waals surface area (Å²) >= 11 is 2.07. The van der Waals surface area contributed by atoms with Crippen LogP contribution in [0, 0.1) is 0 Å². The summed E-state index contributed by atoms with van der Waals surface area (Å²) in [6.45, 7) is 0. The monoisotopic (exact) mass is 290 g/mol. The molecule has 0 saturated carbocycles. The fraction of sp³-hybridized carbons (Fsp3) is 0.364. The molecule has 2 rings (SSSR count). The second kappa shape index (κ2) is 6.40. The summed E-state index contributed by atoms with van der Waals surface area (Å²) < 4.78 is 24.7. The lowest BCUT2D eigenvalue weighted by molar-refractivity contribution is -0.117.